The van der Waals surface area contributed by atoms with Crippen molar-refractivity contribution in [3.8, 4) is 0 Å². The smallest absolute Gasteiger partial charge is 0.330 e. The van der Waals surface area contributed by atoms with Gasteiger partial charge in [-0.05, 0) is 0 Å². The first-order valence-electron chi connectivity index (χ1n) is 5.24. The molecule has 1 aromatic rings. The number of hydrogen-bond donors (Lipinski definition) is 2. The zero-order chi connectivity index (χ0) is 11.4. The maximum atomic E-state index is 11.5. The molecule has 6 nitrogen and oxygen atoms in total. The van der Waals surface area contributed by atoms with Crippen LogP contribution >= 0.6 is 0 Å². The molecule has 3 rings (SSSR count). The summed E-state index contributed by atoms with van der Waals surface area (Å²) in [6.45, 7) is 1.93. The number of hydrogen-bond acceptors (Lipinski definition) is 4. The molecule has 0 spiro atoms. The van der Waals surface area contributed by atoms with Crippen LogP contribution < -0.4 is 11.2 Å². The van der Waals surface area contributed by atoms with Crippen LogP contribution in [0, 0.1) is 11.8 Å². The first-order valence-corrected chi connectivity index (χ1v) is 5.24. The highest BCUT2D eigenvalue weighted by Gasteiger charge is 2.62. The van der Waals surface area contributed by atoms with Crippen molar-refractivity contribution in [2.24, 2.45) is 11.8 Å². The second kappa shape index (κ2) is 3.05. The summed E-state index contributed by atoms with van der Waals surface area (Å²) in [5, 5.41) is 9.42. The van der Waals surface area contributed by atoms with Gasteiger partial charge in [-0.15, -0.1) is 0 Å². The lowest BCUT2D eigenvalue weighted by atomic mass is 10.1. The Hall–Kier alpha value is -1.40. The summed E-state index contributed by atoms with van der Waals surface area (Å²) in [7, 11) is 0. The standard InChI is InChI=1S/C10H12N2O4/c1-4-6-7(14)8(6)16-9(4)12-3-2-5(13)11-10(12)15/h2-4,6-9,14H,1H3,(H,11,13,15)/t4-,6?,7+,8-,9+/m0/s1. The molecule has 2 heterocycles. The average Bonchev–Trinajstić information content (AvgIpc) is 2.70. The molecule has 2 fully saturated rings. The SMILES string of the molecule is C[C@H]1C2[C@@H](O)[C@H]2O[C@H]1n1ccc(=O)[nH]c1=O. The highest BCUT2D eigenvalue weighted by molar-refractivity contribution is 5.08. The van der Waals surface area contributed by atoms with Crippen LogP contribution in [0.1, 0.15) is 13.2 Å². The normalized spacial score (nSPS) is 40.8. The van der Waals surface area contributed by atoms with Crippen molar-refractivity contribution in [2.75, 3.05) is 0 Å². The van der Waals surface area contributed by atoms with Crippen LogP contribution in [0.15, 0.2) is 21.9 Å². The first-order chi connectivity index (χ1) is 7.59. The third kappa shape index (κ3) is 1.20. The molecule has 0 bridgehead atoms. The molecule has 2 N–H and O–H groups in total. The van der Waals surface area contributed by atoms with Crippen molar-refractivity contribution in [2.45, 2.75) is 25.4 Å². The lowest BCUT2D eigenvalue weighted by molar-refractivity contribution is -0.0335. The van der Waals surface area contributed by atoms with E-state index in [0.717, 1.165) is 0 Å². The van der Waals surface area contributed by atoms with Gasteiger partial charge < -0.3 is 9.84 Å². The molecular weight excluding hydrogens is 212 g/mol. The fourth-order valence-electron chi connectivity index (χ4n) is 2.49. The van der Waals surface area contributed by atoms with Crippen molar-refractivity contribution >= 4 is 0 Å². The molecule has 0 amide bonds. The number of H-pyrrole nitrogens is 1. The third-order valence-electron chi connectivity index (χ3n) is 3.45. The van der Waals surface area contributed by atoms with Gasteiger partial charge in [0, 0.05) is 24.1 Å². The Morgan fingerprint density at radius 1 is 1.50 bits per heavy atom. The molecule has 1 unspecified atom stereocenters. The van der Waals surface area contributed by atoms with Gasteiger partial charge in [0.15, 0.2) is 0 Å². The second-order valence-corrected chi connectivity index (χ2v) is 4.44. The second-order valence-electron chi connectivity index (χ2n) is 4.44. The van der Waals surface area contributed by atoms with E-state index in [-0.39, 0.29) is 24.2 Å². The van der Waals surface area contributed by atoms with E-state index < -0.39 is 17.4 Å². The maximum Gasteiger partial charge on any atom is 0.330 e. The molecule has 0 radical (unpaired) electrons. The highest BCUT2D eigenvalue weighted by atomic mass is 16.5. The largest absolute Gasteiger partial charge is 0.390 e. The fraction of sp³-hybridized carbons (Fsp3) is 0.600. The van der Waals surface area contributed by atoms with E-state index in [0.29, 0.717) is 0 Å². The lowest BCUT2D eigenvalue weighted by Crippen LogP contribution is -2.34. The Bertz CT molecular complexity index is 534. The number of aromatic amines is 1. The van der Waals surface area contributed by atoms with Gasteiger partial charge in [-0.1, -0.05) is 6.92 Å². The molecule has 5 atom stereocenters. The molecule has 2 aliphatic rings. The highest BCUT2D eigenvalue weighted by Crippen LogP contribution is 2.53. The van der Waals surface area contributed by atoms with Gasteiger partial charge in [-0.2, -0.15) is 0 Å². The maximum absolute atomic E-state index is 11.5. The zero-order valence-electron chi connectivity index (χ0n) is 8.66. The predicted molar refractivity (Wildman–Crippen MR) is 53.9 cm³/mol. The number of rotatable bonds is 1. The number of ether oxygens (including phenoxy) is 1. The quantitative estimate of drug-likeness (QED) is 0.645. The van der Waals surface area contributed by atoms with Gasteiger partial charge in [0.25, 0.3) is 5.56 Å². The fourth-order valence-corrected chi connectivity index (χ4v) is 2.49. The summed E-state index contributed by atoms with van der Waals surface area (Å²) in [6, 6.07) is 1.29. The van der Waals surface area contributed by atoms with E-state index in [1.54, 1.807) is 0 Å². The molecule has 1 aliphatic carbocycles. The van der Waals surface area contributed by atoms with Crippen LogP contribution in [-0.4, -0.2) is 26.9 Å². The monoisotopic (exact) mass is 224 g/mol. The van der Waals surface area contributed by atoms with E-state index in [2.05, 4.69) is 4.98 Å². The molecule has 1 aliphatic heterocycles. The minimum Gasteiger partial charge on any atom is -0.390 e. The van der Waals surface area contributed by atoms with E-state index in [4.69, 9.17) is 4.74 Å². The number of aliphatic hydroxyl groups excluding tert-OH is 1. The van der Waals surface area contributed by atoms with Crippen LogP contribution in [0.25, 0.3) is 0 Å². The number of aliphatic hydroxyl groups is 1. The summed E-state index contributed by atoms with van der Waals surface area (Å²) >= 11 is 0. The van der Waals surface area contributed by atoms with Gasteiger partial charge in [-0.25, -0.2) is 4.79 Å². The topological polar surface area (TPSA) is 84.3 Å². The summed E-state index contributed by atoms with van der Waals surface area (Å²) in [5.41, 5.74) is -0.891. The zero-order valence-corrected chi connectivity index (χ0v) is 8.66. The summed E-state index contributed by atoms with van der Waals surface area (Å²) in [4.78, 5) is 24.6. The Morgan fingerprint density at radius 3 is 2.81 bits per heavy atom. The summed E-state index contributed by atoms with van der Waals surface area (Å²) < 4.78 is 6.92. The van der Waals surface area contributed by atoms with Crippen LogP contribution in [-0.2, 0) is 4.74 Å². The molecule has 0 aromatic carbocycles. The summed E-state index contributed by atoms with van der Waals surface area (Å²) in [5.74, 6) is 0.187. The van der Waals surface area contributed by atoms with E-state index in [9.17, 15) is 14.7 Å². The number of nitrogens with zero attached hydrogens (tertiary/aromatic N) is 1. The van der Waals surface area contributed by atoms with Gasteiger partial charge >= 0.3 is 5.69 Å². The van der Waals surface area contributed by atoms with Crippen molar-refractivity contribution in [3.63, 3.8) is 0 Å². The van der Waals surface area contributed by atoms with Gasteiger partial charge in [-0.3, -0.25) is 14.3 Å². The molecule has 86 valence electrons. The Morgan fingerprint density at radius 2 is 2.25 bits per heavy atom. The van der Waals surface area contributed by atoms with Crippen molar-refractivity contribution in [3.05, 3.63) is 33.1 Å². The van der Waals surface area contributed by atoms with Crippen molar-refractivity contribution < 1.29 is 9.84 Å². The molecule has 1 saturated heterocycles. The minimum absolute atomic E-state index is 0.0728. The number of fused-ring (bicyclic) bond motifs is 1. The molecule has 1 saturated carbocycles. The van der Waals surface area contributed by atoms with Crippen LogP contribution in [0.3, 0.4) is 0 Å². The third-order valence-corrected chi connectivity index (χ3v) is 3.45. The predicted octanol–water partition coefficient (Wildman–Crippen LogP) is -0.939. The van der Waals surface area contributed by atoms with E-state index >= 15 is 0 Å². The molecule has 16 heavy (non-hydrogen) atoms. The molecule has 6 heteroatoms. The summed E-state index contributed by atoms with van der Waals surface area (Å²) in [6.07, 6.45) is 0.491. The van der Waals surface area contributed by atoms with E-state index in [1.807, 2.05) is 6.92 Å². The number of aromatic nitrogens is 2. The van der Waals surface area contributed by atoms with Crippen LogP contribution in [0.2, 0.25) is 0 Å². The first kappa shape index (κ1) is 9.80. The van der Waals surface area contributed by atoms with E-state index in [1.165, 1.54) is 16.8 Å². The number of nitrogens with one attached hydrogen (secondary N) is 1. The average molecular weight is 224 g/mol. The molecule has 1 aromatic heterocycles. The Labute approximate surface area is 90.5 Å². The van der Waals surface area contributed by atoms with Gasteiger partial charge in [0.1, 0.15) is 6.23 Å². The van der Waals surface area contributed by atoms with Gasteiger partial charge in [0.2, 0.25) is 0 Å². The Balaban J connectivity index is 1.95. The van der Waals surface area contributed by atoms with Crippen molar-refractivity contribution in [1.29, 1.82) is 0 Å². The van der Waals surface area contributed by atoms with Crippen molar-refractivity contribution in [1.82, 2.24) is 9.55 Å². The van der Waals surface area contributed by atoms with Crippen LogP contribution in [0.5, 0.6) is 0 Å². The Kier molecular flexibility index (Phi) is 1.87. The van der Waals surface area contributed by atoms with Gasteiger partial charge in [0.05, 0.1) is 12.2 Å². The molecular formula is C10H12N2O4. The minimum atomic E-state index is -0.472. The lowest BCUT2D eigenvalue weighted by Gasteiger charge is -2.21. The van der Waals surface area contributed by atoms with Crippen LogP contribution in [0.4, 0.5) is 0 Å².